The van der Waals surface area contributed by atoms with E-state index in [-0.39, 0.29) is 44.3 Å². The lowest BCUT2D eigenvalue weighted by Crippen LogP contribution is -2.66. The second kappa shape index (κ2) is 10.1. The molecular weight excluding hydrogens is 545 g/mol. The lowest BCUT2D eigenvalue weighted by atomic mass is 10.1. The Morgan fingerprint density at radius 2 is 1.77 bits per heavy atom. The Balaban J connectivity index is 1.85. The first-order valence-corrected chi connectivity index (χ1v) is 18.7. The number of hydrogen-bond acceptors (Lipinski definition) is 8. The van der Waals surface area contributed by atoms with Gasteiger partial charge in [-0.15, -0.1) is 0 Å². The standard InChI is InChI=1S/C27H48N6O5Si2/c1-25(2,3)39(12,13)37-20-19-17(14-35-40(38-19,26(4,5)6)27(7,8)9)36-23(20)33-16-28-18-21(33)30-24(31-22(18)34)29-15-32(10)11/h15-17,19-20,23H,14H2,1-13H3,(H,30,31,34)/t17-,19+,20?,23-/m1/s1. The molecule has 1 N–H and O–H groups in total. The Labute approximate surface area is 240 Å². The second-order valence-corrected chi connectivity index (χ2v) is 24.4. The molecule has 13 heteroatoms. The van der Waals surface area contributed by atoms with E-state index in [2.05, 4.69) is 95.4 Å². The van der Waals surface area contributed by atoms with Crippen LogP contribution in [-0.4, -0.2) is 86.6 Å². The lowest BCUT2D eigenvalue weighted by Gasteiger charge is -2.54. The first kappa shape index (κ1) is 31.0. The average molecular weight is 593 g/mol. The van der Waals surface area contributed by atoms with Crippen LogP contribution in [0.3, 0.4) is 0 Å². The molecule has 0 radical (unpaired) electrons. The highest BCUT2D eigenvalue weighted by Gasteiger charge is 2.66. The van der Waals surface area contributed by atoms with E-state index in [0.29, 0.717) is 12.3 Å². The van der Waals surface area contributed by atoms with Crippen LogP contribution in [0, 0.1) is 0 Å². The zero-order valence-electron chi connectivity index (χ0n) is 26.4. The molecule has 4 heterocycles. The molecule has 1 unspecified atom stereocenters. The third kappa shape index (κ3) is 5.36. The molecule has 2 fully saturated rings. The van der Waals surface area contributed by atoms with Gasteiger partial charge >= 0.3 is 8.56 Å². The second-order valence-electron chi connectivity index (χ2n) is 14.8. The Bertz CT molecular complexity index is 1300. The van der Waals surface area contributed by atoms with Crippen molar-refractivity contribution in [2.45, 2.75) is 115 Å². The van der Waals surface area contributed by atoms with Crippen LogP contribution in [0.1, 0.15) is 68.5 Å². The third-order valence-corrected chi connectivity index (χ3v) is 18.0. The molecular formula is C27H48N6O5Si2. The molecule has 4 rings (SSSR count). The van der Waals surface area contributed by atoms with E-state index in [0.717, 1.165) is 0 Å². The molecule has 4 atom stereocenters. The summed E-state index contributed by atoms with van der Waals surface area (Å²) in [5.74, 6) is 0.191. The Morgan fingerprint density at radius 1 is 1.15 bits per heavy atom. The molecule has 2 aromatic rings. The van der Waals surface area contributed by atoms with Gasteiger partial charge in [-0.1, -0.05) is 62.3 Å². The molecule has 0 bridgehead atoms. The Morgan fingerprint density at radius 3 is 2.33 bits per heavy atom. The summed E-state index contributed by atoms with van der Waals surface area (Å²) in [6, 6.07) is 0. The summed E-state index contributed by atoms with van der Waals surface area (Å²) in [6.07, 6.45) is 1.46. The van der Waals surface area contributed by atoms with Crippen molar-refractivity contribution in [1.29, 1.82) is 0 Å². The molecule has 224 valence electrons. The fourth-order valence-corrected chi connectivity index (χ4v) is 11.8. The van der Waals surface area contributed by atoms with Crippen LogP contribution in [0.25, 0.3) is 11.2 Å². The molecule has 0 amide bonds. The molecule has 11 nitrogen and oxygen atoms in total. The number of hydrogen-bond donors (Lipinski definition) is 1. The highest BCUT2D eigenvalue weighted by Crippen LogP contribution is 2.56. The average Bonchev–Trinajstić information content (AvgIpc) is 3.36. The first-order valence-electron chi connectivity index (χ1n) is 14.0. The van der Waals surface area contributed by atoms with Gasteiger partial charge in [0.1, 0.15) is 18.3 Å². The van der Waals surface area contributed by atoms with Crippen molar-refractivity contribution < 1.29 is 18.0 Å². The molecule has 2 saturated heterocycles. The van der Waals surface area contributed by atoms with Crippen molar-refractivity contribution in [1.82, 2.24) is 24.4 Å². The van der Waals surface area contributed by atoms with Crippen molar-refractivity contribution in [2.24, 2.45) is 4.99 Å². The molecule has 40 heavy (non-hydrogen) atoms. The van der Waals surface area contributed by atoms with E-state index >= 15 is 0 Å². The van der Waals surface area contributed by atoms with Crippen LogP contribution < -0.4 is 5.56 Å². The van der Waals surface area contributed by atoms with Crippen LogP contribution in [0.5, 0.6) is 0 Å². The van der Waals surface area contributed by atoms with Crippen molar-refractivity contribution in [3.8, 4) is 0 Å². The van der Waals surface area contributed by atoms with E-state index in [1.165, 1.54) is 0 Å². The summed E-state index contributed by atoms with van der Waals surface area (Å²) in [5, 5.41) is -0.415. The summed E-state index contributed by atoms with van der Waals surface area (Å²) < 4.78 is 29.5. The summed E-state index contributed by atoms with van der Waals surface area (Å²) in [7, 11) is -1.40. The minimum Gasteiger partial charge on any atom is -0.407 e. The molecule has 2 aliphatic heterocycles. The van der Waals surface area contributed by atoms with Crippen LogP contribution in [-0.2, 0) is 18.0 Å². The highest BCUT2D eigenvalue weighted by molar-refractivity contribution is 6.74. The number of rotatable bonds is 5. The van der Waals surface area contributed by atoms with Gasteiger partial charge in [0.2, 0.25) is 5.95 Å². The molecule has 0 saturated carbocycles. The third-order valence-electron chi connectivity index (χ3n) is 8.35. The fraction of sp³-hybridized carbons (Fsp3) is 0.778. The maximum absolute atomic E-state index is 12.9. The predicted molar refractivity (Wildman–Crippen MR) is 162 cm³/mol. The molecule has 0 aromatic carbocycles. The number of fused-ring (bicyclic) bond motifs is 2. The van der Waals surface area contributed by atoms with Gasteiger partial charge in [0.25, 0.3) is 5.56 Å². The summed E-state index contributed by atoms with van der Waals surface area (Å²) in [5.41, 5.74) is 0.246. The molecule has 2 aromatic heterocycles. The van der Waals surface area contributed by atoms with Crippen molar-refractivity contribution in [3.63, 3.8) is 0 Å². The summed E-state index contributed by atoms with van der Waals surface area (Å²) in [6.45, 7) is 24.8. The summed E-state index contributed by atoms with van der Waals surface area (Å²) in [4.78, 5) is 30.7. The maximum Gasteiger partial charge on any atom is 0.349 e. The van der Waals surface area contributed by atoms with Gasteiger partial charge in [-0.2, -0.15) is 4.98 Å². The topological polar surface area (TPSA) is 116 Å². The Hall–Kier alpha value is -1.91. The van der Waals surface area contributed by atoms with Gasteiger partial charge in [-0.25, -0.2) is 9.98 Å². The quantitative estimate of drug-likeness (QED) is 0.290. The first-order chi connectivity index (χ1) is 18.2. The number of aromatic nitrogens is 4. The monoisotopic (exact) mass is 592 g/mol. The van der Waals surface area contributed by atoms with Crippen LogP contribution in [0.4, 0.5) is 5.95 Å². The SMILES string of the molecule is CN(C)C=Nc1nc2c(ncn2[C@@H]2O[C@@H]3CO[Si](C(C)(C)C)(C(C)(C)C)O[C@@H]3C2O[Si](C)(C)C(C)(C)C)c(=O)[nH]1. The maximum atomic E-state index is 12.9. The minimum atomic E-state index is -2.81. The van der Waals surface area contributed by atoms with Crippen LogP contribution >= 0.6 is 0 Å². The van der Waals surface area contributed by atoms with E-state index in [9.17, 15) is 4.79 Å². The van der Waals surface area contributed by atoms with E-state index in [1.54, 1.807) is 22.1 Å². The van der Waals surface area contributed by atoms with E-state index < -0.39 is 29.2 Å². The highest BCUT2D eigenvalue weighted by atomic mass is 28.4. The Kier molecular flexibility index (Phi) is 7.85. The number of nitrogens with zero attached hydrogens (tertiary/aromatic N) is 5. The van der Waals surface area contributed by atoms with Crippen molar-refractivity contribution in [3.05, 3.63) is 16.7 Å². The van der Waals surface area contributed by atoms with Gasteiger partial charge in [-0.05, 0) is 18.1 Å². The van der Waals surface area contributed by atoms with Gasteiger partial charge in [0.15, 0.2) is 25.7 Å². The van der Waals surface area contributed by atoms with Crippen LogP contribution in [0.2, 0.25) is 28.2 Å². The van der Waals surface area contributed by atoms with E-state index in [1.807, 2.05) is 14.1 Å². The van der Waals surface area contributed by atoms with Crippen LogP contribution in [0.15, 0.2) is 16.1 Å². The van der Waals surface area contributed by atoms with Gasteiger partial charge in [0.05, 0.1) is 19.3 Å². The lowest BCUT2D eigenvalue weighted by molar-refractivity contribution is -0.0795. The molecule has 2 aliphatic rings. The number of ether oxygens (including phenoxy) is 1. The number of aliphatic imine (C=N–C) groups is 1. The number of H-pyrrole nitrogens is 1. The van der Waals surface area contributed by atoms with Crippen molar-refractivity contribution >= 4 is 40.3 Å². The largest absolute Gasteiger partial charge is 0.407 e. The number of imidazole rings is 1. The predicted octanol–water partition coefficient (Wildman–Crippen LogP) is 5.09. The molecule has 0 aliphatic carbocycles. The molecule has 0 spiro atoms. The zero-order valence-corrected chi connectivity index (χ0v) is 28.4. The van der Waals surface area contributed by atoms with Gasteiger partial charge in [-0.3, -0.25) is 14.3 Å². The number of aromatic amines is 1. The summed E-state index contributed by atoms with van der Waals surface area (Å²) >= 11 is 0. The fourth-order valence-electron chi connectivity index (χ4n) is 5.52. The van der Waals surface area contributed by atoms with Gasteiger partial charge < -0.3 is 22.9 Å². The van der Waals surface area contributed by atoms with Gasteiger partial charge in [0, 0.05) is 24.2 Å². The number of nitrogens with one attached hydrogen (secondary N) is 1. The normalized spacial score (nSPS) is 26.0. The minimum absolute atomic E-state index is 0.0379. The zero-order chi connectivity index (χ0) is 30.1. The smallest absolute Gasteiger partial charge is 0.349 e. The van der Waals surface area contributed by atoms with E-state index in [4.69, 9.17) is 18.0 Å². The van der Waals surface area contributed by atoms with Crippen molar-refractivity contribution in [2.75, 3.05) is 20.7 Å².